The lowest BCUT2D eigenvalue weighted by atomic mass is 10.2. The van der Waals surface area contributed by atoms with Gasteiger partial charge in [-0.2, -0.15) is 10.2 Å². The lowest BCUT2D eigenvalue weighted by Crippen LogP contribution is -2.02. The zero-order valence-corrected chi connectivity index (χ0v) is 23.7. The molecule has 0 atom stereocenters. The predicted octanol–water partition coefficient (Wildman–Crippen LogP) is 7.26. The number of aromatic nitrogens is 8. The van der Waals surface area contributed by atoms with Crippen molar-refractivity contribution in [1.82, 2.24) is 39.1 Å². The molecule has 6 heterocycles. The van der Waals surface area contributed by atoms with E-state index in [2.05, 4.69) is 103 Å². The molecular formula is C30H38N8. The van der Waals surface area contributed by atoms with Crippen molar-refractivity contribution in [3.8, 4) is 0 Å². The predicted molar refractivity (Wildman–Crippen MR) is 155 cm³/mol. The summed E-state index contributed by atoms with van der Waals surface area (Å²) in [7, 11) is 0. The van der Waals surface area contributed by atoms with Crippen LogP contribution in [-0.4, -0.2) is 39.1 Å². The quantitative estimate of drug-likeness (QED) is 0.250. The molecule has 0 bridgehead atoms. The number of hydrogen-bond acceptors (Lipinski definition) is 5. The number of pyridine rings is 3. The first-order valence-corrected chi connectivity index (χ1v) is 13.2. The van der Waals surface area contributed by atoms with Gasteiger partial charge in [-0.1, -0.05) is 0 Å². The van der Waals surface area contributed by atoms with E-state index in [1.54, 1.807) is 6.20 Å². The number of nitrogens with zero attached hydrogens (tertiary/aromatic N) is 8. The highest BCUT2D eigenvalue weighted by Gasteiger charge is 2.07. The molecule has 0 aromatic carbocycles. The van der Waals surface area contributed by atoms with Gasteiger partial charge in [-0.05, 0) is 96.8 Å². The summed E-state index contributed by atoms with van der Waals surface area (Å²) in [5, 5.41) is 12.0. The average Bonchev–Trinajstić information content (AvgIpc) is 3.60. The molecule has 6 aromatic rings. The van der Waals surface area contributed by atoms with Gasteiger partial charge < -0.3 is 4.57 Å². The third-order valence-electron chi connectivity index (χ3n) is 6.15. The fourth-order valence-electron chi connectivity index (χ4n) is 4.26. The summed E-state index contributed by atoms with van der Waals surface area (Å²) in [4.78, 5) is 13.1. The minimum atomic E-state index is 0.368. The Kier molecular flexibility index (Phi) is 8.20. The Bertz CT molecular complexity index is 1550. The molecule has 198 valence electrons. The molecular weight excluding hydrogens is 472 g/mol. The Balaban J connectivity index is 0.000000133. The molecule has 0 aliphatic heterocycles. The molecule has 0 unspecified atom stereocenters. The molecule has 38 heavy (non-hydrogen) atoms. The first kappa shape index (κ1) is 27.0. The molecule has 8 heteroatoms. The molecule has 0 N–H and O–H groups in total. The van der Waals surface area contributed by atoms with E-state index in [1.165, 1.54) is 16.5 Å². The van der Waals surface area contributed by atoms with Crippen LogP contribution in [0.1, 0.15) is 70.8 Å². The molecule has 0 fully saturated rings. The highest BCUT2D eigenvalue weighted by atomic mass is 15.3. The summed E-state index contributed by atoms with van der Waals surface area (Å²) < 4.78 is 6.05. The fraction of sp³-hybridized carbons (Fsp3) is 0.367. The normalized spacial score (nSPS) is 11.3. The summed E-state index contributed by atoms with van der Waals surface area (Å²) in [6.45, 7) is 16.9. The smallest absolute Gasteiger partial charge is 0.157 e. The van der Waals surface area contributed by atoms with E-state index < -0.39 is 0 Å². The van der Waals surface area contributed by atoms with Crippen molar-refractivity contribution >= 4 is 33.1 Å². The maximum absolute atomic E-state index is 4.42. The number of rotatable bonds is 3. The Hall–Kier alpha value is -4.07. The maximum atomic E-state index is 4.42. The van der Waals surface area contributed by atoms with E-state index in [0.717, 1.165) is 27.7 Å². The zero-order valence-electron chi connectivity index (χ0n) is 23.7. The molecule has 0 radical (unpaired) electrons. The topological polar surface area (TPSA) is 79.2 Å². The molecule has 0 spiro atoms. The van der Waals surface area contributed by atoms with Gasteiger partial charge in [0.1, 0.15) is 5.65 Å². The summed E-state index contributed by atoms with van der Waals surface area (Å²) in [6.07, 6.45) is 11.4. The van der Waals surface area contributed by atoms with Gasteiger partial charge in [-0.25, -0.2) is 24.3 Å². The summed E-state index contributed by atoms with van der Waals surface area (Å²) in [5.41, 5.74) is 5.42. The summed E-state index contributed by atoms with van der Waals surface area (Å²) in [5.74, 6) is 0. The Morgan fingerprint density at radius 3 is 1.74 bits per heavy atom. The molecule has 6 aromatic heterocycles. The Morgan fingerprint density at radius 2 is 1.13 bits per heavy atom. The third kappa shape index (κ3) is 5.90. The molecule has 8 nitrogen and oxygen atoms in total. The van der Waals surface area contributed by atoms with E-state index in [0.29, 0.717) is 18.1 Å². The SMILES string of the molecule is CC(C)n1ncc2cccnc21.Cc1cnc2c(ccn2C(C)C)c1.Cc1cnc2c(cnn2C(C)C)c1. The lowest BCUT2D eigenvalue weighted by molar-refractivity contribution is 0.546. The largest absolute Gasteiger partial charge is 0.330 e. The van der Waals surface area contributed by atoms with Crippen molar-refractivity contribution in [3.63, 3.8) is 0 Å². The van der Waals surface area contributed by atoms with Crippen LogP contribution < -0.4 is 0 Å². The van der Waals surface area contributed by atoms with Crippen molar-refractivity contribution < 1.29 is 0 Å². The molecule has 0 saturated heterocycles. The van der Waals surface area contributed by atoms with Gasteiger partial charge in [0.2, 0.25) is 0 Å². The maximum Gasteiger partial charge on any atom is 0.157 e. The summed E-state index contributed by atoms with van der Waals surface area (Å²) >= 11 is 0. The van der Waals surface area contributed by atoms with Crippen molar-refractivity contribution in [2.24, 2.45) is 0 Å². The van der Waals surface area contributed by atoms with E-state index in [-0.39, 0.29) is 0 Å². The van der Waals surface area contributed by atoms with Crippen molar-refractivity contribution in [3.05, 3.63) is 78.6 Å². The highest BCUT2D eigenvalue weighted by Crippen LogP contribution is 2.19. The van der Waals surface area contributed by atoms with Crippen LogP contribution in [0.15, 0.2) is 67.5 Å². The van der Waals surface area contributed by atoms with Crippen LogP contribution in [0.25, 0.3) is 33.1 Å². The first-order valence-electron chi connectivity index (χ1n) is 13.2. The van der Waals surface area contributed by atoms with E-state index >= 15 is 0 Å². The van der Waals surface area contributed by atoms with Crippen molar-refractivity contribution in [2.45, 2.75) is 73.5 Å². The van der Waals surface area contributed by atoms with Crippen LogP contribution >= 0.6 is 0 Å². The van der Waals surface area contributed by atoms with Crippen LogP contribution in [0.4, 0.5) is 0 Å². The second kappa shape index (κ2) is 11.5. The van der Waals surface area contributed by atoms with Crippen LogP contribution in [0.2, 0.25) is 0 Å². The lowest BCUT2D eigenvalue weighted by Gasteiger charge is -2.07. The molecule has 0 aliphatic carbocycles. The highest BCUT2D eigenvalue weighted by molar-refractivity contribution is 5.77. The van der Waals surface area contributed by atoms with Crippen LogP contribution in [0, 0.1) is 13.8 Å². The second-order valence-corrected chi connectivity index (χ2v) is 10.4. The Morgan fingerprint density at radius 1 is 0.579 bits per heavy atom. The number of aryl methyl sites for hydroxylation is 2. The van der Waals surface area contributed by atoms with Gasteiger partial charge in [0.15, 0.2) is 11.3 Å². The van der Waals surface area contributed by atoms with Crippen LogP contribution in [-0.2, 0) is 0 Å². The van der Waals surface area contributed by atoms with E-state index in [9.17, 15) is 0 Å². The number of hydrogen-bond donors (Lipinski definition) is 0. The molecule has 0 saturated carbocycles. The van der Waals surface area contributed by atoms with Crippen molar-refractivity contribution in [2.75, 3.05) is 0 Å². The van der Waals surface area contributed by atoms with Gasteiger partial charge in [0.05, 0.1) is 12.4 Å². The average molecular weight is 511 g/mol. The van der Waals surface area contributed by atoms with E-state index in [1.807, 2.05) is 53.2 Å². The number of fused-ring (bicyclic) bond motifs is 3. The third-order valence-corrected chi connectivity index (χ3v) is 6.15. The minimum absolute atomic E-state index is 0.368. The standard InChI is InChI=1S/C11H14N2.C10H13N3.C9H11N3/c1-8(2)13-5-4-10-6-9(3)7-12-11(10)13;1-7(2)13-10-9(6-12-13)4-8(3)5-11-10;1-7(2)12-9-8(6-11-12)4-3-5-10-9/h4-8H,1-3H3;4-7H,1-3H3;3-7H,1-2H3. The van der Waals surface area contributed by atoms with Gasteiger partial charge in [-0.3, -0.25) is 0 Å². The second-order valence-electron chi connectivity index (χ2n) is 10.4. The molecule has 6 rings (SSSR count). The van der Waals surface area contributed by atoms with Gasteiger partial charge in [0.25, 0.3) is 0 Å². The minimum Gasteiger partial charge on any atom is -0.330 e. The van der Waals surface area contributed by atoms with Gasteiger partial charge in [0, 0.05) is 59.1 Å². The zero-order chi connectivity index (χ0) is 27.4. The van der Waals surface area contributed by atoms with Crippen molar-refractivity contribution in [1.29, 1.82) is 0 Å². The Labute approximate surface area is 224 Å². The van der Waals surface area contributed by atoms with E-state index in [4.69, 9.17) is 0 Å². The summed E-state index contributed by atoms with van der Waals surface area (Å²) in [6, 6.07) is 11.6. The fourth-order valence-corrected chi connectivity index (χ4v) is 4.26. The van der Waals surface area contributed by atoms with Gasteiger partial charge in [-0.15, -0.1) is 0 Å². The van der Waals surface area contributed by atoms with Gasteiger partial charge >= 0.3 is 0 Å². The molecule has 0 aliphatic rings. The monoisotopic (exact) mass is 510 g/mol. The first-order chi connectivity index (χ1) is 18.2. The molecule has 0 amide bonds. The van der Waals surface area contributed by atoms with Crippen LogP contribution in [0.3, 0.4) is 0 Å². The van der Waals surface area contributed by atoms with Crippen LogP contribution in [0.5, 0.6) is 0 Å².